The maximum absolute atomic E-state index is 6.09. The molecule has 0 saturated heterocycles. The van der Waals surface area contributed by atoms with Crippen LogP contribution in [0.2, 0.25) is 0 Å². The summed E-state index contributed by atoms with van der Waals surface area (Å²) in [5.41, 5.74) is 12.5. The summed E-state index contributed by atoms with van der Waals surface area (Å²) in [6.45, 7) is 3.81. The number of nitrogens with one attached hydrogen (secondary N) is 2. The van der Waals surface area contributed by atoms with Crippen LogP contribution >= 0.6 is 0 Å². The number of nitrogens with zero attached hydrogens (tertiary/aromatic N) is 3. The average molecular weight is 388 g/mol. The molecule has 2 aromatic heterocycles. The number of rotatable bonds is 6. The quantitative estimate of drug-likeness (QED) is 0.595. The lowest BCUT2D eigenvalue weighted by atomic mass is 10.0. The van der Waals surface area contributed by atoms with E-state index in [1.807, 2.05) is 31.4 Å². The average Bonchev–Trinajstić information content (AvgIpc) is 3.25. The van der Waals surface area contributed by atoms with Gasteiger partial charge >= 0.3 is 0 Å². The van der Waals surface area contributed by atoms with Crippen LogP contribution < -0.4 is 16.4 Å². The molecule has 4 rings (SSSR count). The third-order valence-corrected chi connectivity index (χ3v) is 4.87. The Morgan fingerprint density at radius 1 is 1.21 bits per heavy atom. The molecule has 0 fully saturated rings. The van der Waals surface area contributed by atoms with Crippen LogP contribution in [0.3, 0.4) is 0 Å². The number of anilines is 1. The number of aromatic nitrogens is 3. The van der Waals surface area contributed by atoms with Crippen molar-refractivity contribution in [2.75, 3.05) is 19.3 Å². The lowest BCUT2D eigenvalue weighted by Gasteiger charge is -2.14. The Hall–Kier alpha value is -3.45. The highest BCUT2D eigenvalue weighted by atomic mass is 16.5. The molecule has 0 radical (unpaired) electrons. The number of hydrogen-bond donors (Lipinski definition) is 3. The van der Waals surface area contributed by atoms with Crippen LogP contribution in [0.5, 0.6) is 0 Å². The van der Waals surface area contributed by atoms with Gasteiger partial charge < -0.3 is 20.9 Å². The molecule has 1 aliphatic rings. The van der Waals surface area contributed by atoms with Crippen molar-refractivity contribution in [3.63, 3.8) is 0 Å². The van der Waals surface area contributed by atoms with Crippen LogP contribution in [0.1, 0.15) is 24.6 Å². The predicted octanol–water partition coefficient (Wildman–Crippen LogP) is 3.38. The van der Waals surface area contributed by atoms with Crippen molar-refractivity contribution >= 4 is 11.4 Å². The molecule has 0 atom stereocenters. The number of benzene rings is 1. The number of hydrogen-bond acceptors (Lipinski definition) is 7. The van der Waals surface area contributed by atoms with Gasteiger partial charge in [-0.25, -0.2) is 9.97 Å². The van der Waals surface area contributed by atoms with Crippen LogP contribution in [0.25, 0.3) is 28.3 Å². The first kappa shape index (κ1) is 18.9. The third-order valence-electron chi connectivity index (χ3n) is 4.87. The molecule has 0 unspecified atom stereocenters. The second-order valence-corrected chi connectivity index (χ2v) is 6.93. The molecule has 148 valence electrons. The highest BCUT2D eigenvalue weighted by Gasteiger charge is 2.16. The SMILES string of the molecule is CCC1=CC(c2cnc(N)c(-c3cc(-c4ccc(CNC)cc4)no3)n2)=CNC1. The Bertz CT molecular complexity index is 1070. The molecule has 0 amide bonds. The fourth-order valence-corrected chi connectivity index (χ4v) is 3.22. The van der Waals surface area contributed by atoms with Crippen molar-refractivity contribution in [2.24, 2.45) is 0 Å². The van der Waals surface area contributed by atoms with E-state index in [4.69, 9.17) is 15.2 Å². The fourth-order valence-electron chi connectivity index (χ4n) is 3.22. The second-order valence-electron chi connectivity index (χ2n) is 6.93. The lowest BCUT2D eigenvalue weighted by Crippen LogP contribution is -2.15. The second kappa shape index (κ2) is 8.28. The van der Waals surface area contributed by atoms with E-state index in [1.54, 1.807) is 6.20 Å². The molecule has 0 aliphatic carbocycles. The van der Waals surface area contributed by atoms with Gasteiger partial charge in [-0.1, -0.05) is 48.0 Å². The van der Waals surface area contributed by atoms with E-state index < -0.39 is 0 Å². The van der Waals surface area contributed by atoms with Gasteiger partial charge in [-0.05, 0) is 19.0 Å². The molecular weight excluding hydrogens is 364 g/mol. The Morgan fingerprint density at radius 2 is 2.03 bits per heavy atom. The zero-order valence-electron chi connectivity index (χ0n) is 16.6. The number of nitrogens with two attached hydrogens (primary N) is 1. The highest BCUT2D eigenvalue weighted by Crippen LogP contribution is 2.29. The summed E-state index contributed by atoms with van der Waals surface area (Å²) in [6, 6.07) is 10.0. The zero-order valence-corrected chi connectivity index (χ0v) is 16.6. The van der Waals surface area contributed by atoms with Crippen molar-refractivity contribution in [1.82, 2.24) is 25.8 Å². The fraction of sp³-hybridized carbons (Fsp3) is 0.227. The van der Waals surface area contributed by atoms with E-state index in [9.17, 15) is 0 Å². The van der Waals surface area contributed by atoms with Crippen LogP contribution in [0.4, 0.5) is 5.82 Å². The molecule has 1 aromatic carbocycles. The normalized spacial score (nSPS) is 13.6. The van der Waals surface area contributed by atoms with E-state index in [0.717, 1.165) is 42.0 Å². The molecule has 7 nitrogen and oxygen atoms in total. The van der Waals surface area contributed by atoms with Crippen LogP contribution in [-0.4, -0.2) is 28.7 Å². The van der Waals surface area contributed by atoms with E-state index in [-0.39, 0.29) is 0 Å². The monoisotopic (exact) mass is 388 g/mol. The van der Waals surface area contributed by atoms with Gasteiger partial charge in [0.25, 0.3) is 0 Å². The molecule has 3 heterocycles. The maximum atomic E-state index is 6.09. The van der Waals surface area contributed by atoms with Gasteiger partial charge in [0.1, 0.15) is 5.69 Å². The topological polar surface area (TPSA) is 102 Å². The van der Waals surface area contributed by atoms with E-state index in [2.05, 4.69) is 45.9 Å². The largest absolute Gasteiger partial charge is 0.387 e. The van der Waals surface area contributed by atoms with Gasteiger partial charge in [0.2, 0.25) is 0 Å². The summed E-state index contributed by atoms with van der Waals surface area (Å²) in [6.07, 6.45) is 6.75. The van der Waals surface area contributed by atoms with Crippen LogP contribution in [0, 0.1) is 0 Å². The van der Waals surface area contributed by atoms with Gasteiger partial charge in [-0.15, -0.1) is 0 Å². The van der Waals surface area contributed by atoms with Crippen LogP contribution in [-0.2, 0) is 6.54 Å². The first-order valence-electron chi connectivity index (χ1n) is 9.64. The molecule has 3 aromatic rings. The highest BCUT2D eigenvalue weighted by molar-refractivity contribution is 5.77. The minimum atomic E-state index is 0.310. The summed E-state index contributed by atoms with van der Waals surface area (Å²) in [5.74, 6) is 0.806. The van der Waals surface area contributed by atoms with Gasteiger partial charge in [-0.3, -0.25) is 0 Å². The van der Waals surface area contributed by atoms with Crippen molar-refractivity contribution < 1.29 is 4.52 Å². The van der Waals surface area contributed by atoms with Crippen molar-refractivity contribution in [1.29, 1.82) is 0 Å². The van der Waals surface area contributed by atoms with Gasteiger partial charge in [-0.2, -0.15) is 0 Å². The smallest absolute Gasteiger partial charge is 0.189 e. The summed E-state index contributed by atoms with van der Waals surface area (Å²) in [5, 5.41) is 10.6. The predicted molar refractivity (Wildman–Crippen MR) is 114 cm³/mol. The molecule has 1 aliphatic heterocycles. The standard InChI is InChI=1S/C22H24N6O/c1-3-14-8-17(12-25-11-14)19-13-26-22(23)21(27-19)20-9-18(28-29-20)16-6-4-15(5-7-16)10-24-2/h4-9,12-13,24-25H,3,10-11H2,1-2H3,(H2,23,26). The minimum absolute atomic E-state index is 0.310. The Kier molecular flexibility index (Phi) is 5.39. The third kappa shape index (κ3) is 4.05. The molecule has 7 heteroatoms. The summed E-state index contributed by atoms with van der Waals surface area (Å²) < 4.78 is 5.55. The summed E-state index contributed by atoms with van der Waals surface area (Å²) >= 11 is 0. The van der Waals surface area contributed by atoms with Crippen molar-refractivity contribution in [3.8, 4) is 22.7 Å². The Morgan fingerprint density at radius 3 is 2.79 bits per heavy atom. The Labute approximate surface area is 169 Å². The zero-order chi connectivity index (χ0) is 20.2. The van der Waals surface area contributed by atoms with Gasteiger partial charge in [0.05, 0.1) is 11.9 Å². The molecular formula is C22H24N6O. The van der Waals surface area contributed by atoms with Crippen molar-refractivity contribution in [2.45, 2.75) is 19.9 Å². The lowest BCUT2D eigenvalue weighted by molar-refractivity contribution is 0.433. The first-order valence-corrected chi connectivity index (χ1v) is 9.64. The summed E-state index contributed by atoms with van der Waals surface area (Å²) in [4.78, 5) is 9.02. The van der Waals surface area contributed by atoms with Gasteiger partial charge in [0.15, 0.2) is 17.3 Å². The minimum Gasteiger partial charge on any atom is -0.387 e. The molecule has 4 N–H and O–H groups in total. The molecule has 0 spiro atoms. The van der Waals surface area contributed by atoms with Crippen molar-refractivity contribution in [3.05, 3.63) is 65.6 Å². The van der Waals surface area contributed by atoms with E-state index in [1.165, 1.54) is 11.1 Å². The van der Waals surface area contributed by atoms with Gasteiger partial charge in [0, 0.05) is 36.5 Å². The van der Waals surface area contributed by atoms with Crippen LogP contribution in [0.15, 0.2) is 58.9 Å². The molecule has 29 heavy (non-hydrogen) atoms. The first-order chi connectivity index (χ1) is 14.2. The molecule has 0 bridgehead atoms. The number of dihydropyridines is 1. The van der Waals surface area contributed by atoms with E-state index >= 15 is 0 Å². The number of allylic oxidation sites excluding steroid dienone is 2. The van der Waals surface area contributed by atoms with E-state index in [0.29, 0.717) is 17.3 Å². The maximum Gasteiger partial charge on any atom is 0.189 e. The number of nitrogen functional groups attached to an aromatic ring is 1. The summed E-state index contributed by atoms with van der Waals surface area (Å²) in [7, 11) is 1.93. The Balaban J connectivity index is 1.64. The molecule has 0 saturated carbocycles.